The van der Waals surface area contributed by atoms with E-state index in [-0.39, 0.29) is 12.5 Å². The molecule has 0 fully saturated rings. The van der Waals surface area contributed by atoms with Crippen LogP contribution in [-0.4, -0.2) is 18.7 Å². The Morgan fingerprint density at radius 1 is 1.29 bits per heavy atom. The summed E-state index contributed by atoms with van der Waals surface area (Å²) in [6.07, 6.45) is 1.56. The Hall–Kier alpha value is -2.14. The molecule has 108 valence electrons. The number of oxime groups is 1. The van der Waals surface area contributed by atoms with Crippen LogP contribution in [0.3, 0.4) is 0 Å². The number of aryl methyl sites for hydroxylation is 1. The number of halogens is 1. The predicted molar refractivity (Wildman–Crippen MR) is 87.5 cm³/mol. The van der Waals surface area contributed by atoms with Gasteiger partial charge in [0.2, 0.25) is 0 Å². The number of benzene rings is 2. The highest BCUT2D eigenvalue weighted by Gasteiger charge is 2.05. The molecule has 1 amide bonds. The van der Waals surface area contributed by atoms with Crippen molar-refractivity contribution >= 4 is 33.7 Å². The van der Waals surface area contributed by atoms with E-state index in [1.807, 2.05) is 55.5 Å². The van der Waals surface area contributed by atoms with Gasteiger partial charge >= 0.3 is 0 Å². The SMILES string of the molecule is Cc1ccc(NC(=O)CO/N=C\c2ccccc2)c(Br)c1. The summed E-state index contributed by atoms with van der Waals surface area (Å²) in [5.41, 5.74) is 2.74. The Labute approximate surface area is 131 Å². The second-order valence-electron chi connectivity index (χ2n) is 4.45. The van der Waals surface area contributed by atoms with E-state index >= 15 is 0 Å². The van der Waals surface area contributed by atoms with Gasteiger partial charge < -0.3 is 10.2 Å². The zero-order valence-electron chi connectivity index (χ0n) is 11.5. The first-order valence-corrected chi connectivity index (χ1v) is 7.21. The Morgan fingerprint density at radius 2 is 2.05 bits per heavy atom. The van der Waals surface area contributed by atoms with E-state index in [0.29, 0.717) is 5.69 Å². The number of nitrogens with one attached hydrogen (secondary N) is 1. The van der Waals surface area contributed by atoms with Crippen molar-refractivity contribution in [2.24, 2.45) is 5.16 Å². The van der Waals surface area contributed by atoms with Gasteiger partial charge in [0, 0.05) is 4.47 Å². The molecule has 0 aliphatic rings. The molecule has 0 heterocycles. The number of hydrogen-bond acceptors (Lipinski definition) is 3. The predicted octanol–water partition coefficient (Wildman–Crippen LogP) is 3.75. The lowest BCUT2D eigenvalue weighted by molar-refractivity contribution is -0.120. The topological polar surface area (TPSA) is 50.7 Å². The maximum absolute atomic E-state index is 11.7. The van der Waals surface area contributed by atoms with Crippen molar-refractivity contribution in [3.63, 3.8) is 0 Å². The Kier molecular flexibility index (Phi) is 5.51. The zero-order chi connectivity index (χ0) is 15.1. The lowest BCUT2D eigenvalue weighted by atomic mass is 10.2. The van der Waals surface area contributed by atoms with Crippen LogP contribution in [0.1, 0.15) is 11.1 Å². The number of rotatable bonds is 5. The van der Waals surface area contributed by atoms with Crippen molar-refractivity contribution in [1.29, 1.82) is 0 Å². The third kappa shape index (κ3) is 5.04. The largest absolute Gasteiger partial charge is 0.386 e. The molecular weight excluding hydrogens is 332 g/mol. The summed E-state index contributed by atoms with van der Waals surface area (Å²) in [5, 5.41) is 6.51. The molecule has 2 aromatic carbocycles. The molecule has 0 aliphatic heterocycles. The molecule has 0 unspecified atom stereocenters. The van der Waals surface area contributed by atoms with E-state index in [1.165, 1.54) is 0 Å². The normalized spacial score (nSPS) is 10.6. The van der Waals surface area contributed by atoms with Gasteiger partial charge in [0.05, 0.1) is 11.9 Å². The summed E-state index contributed by atoms with van der Waals surface area (Å²) in [6.45, 7) is 1.85. The number of anilines is 1. The average Bonchev–Trinajstić information content (AvgIpc) is 2.48. The van der Waals surface area contributed by atoms with Crippen molar-refractivity contribution < 1.29 is 9.63 Å². The fourth-order valence-corrected chi connectivity index (χ4v) is 2.23. The monoisotopic (exact) mass is 346 g/mol. The molecule has 5 heteroatoms. The summed E-state index contributed by atoms with van der Waals surface area (Å²) >= 11 is 3.40. The van der Waals surface area contributed by atoms with Gasteiger partial charge in [0.15, 0.2) is 6.61 Å². The molecule has 2 aromatic rings. The molecule has 0 radical (unpaired) electrons. The van der Waals surface area contributed by atoms with E-state index in [0.717, 1.165) is 15.6 Å². The highest BCUT2D eigenvalue weighted by atomic mass is 79.9. The lowest BCUT2D eigenvalue weighted by Crippen LogP contribution is -2.17. The summed E-state index contributed by atoms with van der Waals surface area (Å²) in [6, 6.07) is 15.2. The Balaban J connectivity index is 1.81. The fourth-order valence-electron chi connectivity index (χ4n) is 1.64. The number of carbonyl (C=O) groups excluding carboxylic acids is 1. The minimum Gasteiger partial charge on any atom is -0.386 e. The van der Waals surface area contributed by atoms with Gasteiger partial charge in [-0.25, -0.2) is 0 Å². The maximum atomic E-state index is 11.7. The number of hydrogen-bond donors (Lipinski definition) is 1. The van der Waals surface area contributed by atoms with E-state index in [9.17, 15) is 4.79 Å². The Morgan fingerprint density at radius 3 is 2.76 bits per heavy atom. The second kappa shape index (κ2) is 7.59. The molecular formula is C16H15BrN2O2. The van der Waals surface area contributed by atoms with E-state index in [2.05, 4.69) is 26.4 Å². The average molecular weight is 347 g/mol. The van der Waals surface area contributed by atoms with Gasteiger partial charge in [-0.2, -0.15) is 0 Å². The fraction of sp³-hybridized carbons (Fsp3) is 0.125. The van der Waals surface area contributed by atoms with Gasteiger partial charge in [0.1, 0.15) is 0 Å². The van der Waals surface area contributed by atoms with Crippen LogP contribution in [0.25, 0.3) is 0 Å². The first-order chi connectivity index (χ1) is 10.1. The molecule has 4 nitrogen and oxygen atoms in total. The zero-order valence-corrected chi connectivity index (χ0v) is 13.1. The van der Waals surface area contributed by atoms with Crippen LogP contribution in [0.2, 0.25) is 0 Å². The molecule has 21 heavy (non-hydrogen) atoms. The summed E-state index contributed by atoms with van der Waals surface area (Å²) < 4.78 is 0.837. The van der Waals surface area contributed by atoms with Crippen LogP contribution >= 0.6 is 15.9 Å². The third-order valence-electron chi connectivity index (χ3n) is 2.67. The summed E-state index contributed by atoms with van der Waals surface area (Å²) in [7, 11) is 0. The lowest BCUT2D eigenvalue weighted by Gasteiger charge is -2.07. The van der Waals surface area contributed by atoms with Crippen molar-refractivity contribution in [2.75, 3.05) is 11.9 Å². The second-order valence-corrected chi connectivity index (χ2v) is 5.30. The van der Waals surface area contributed by atoms with Crippen molar-refractivity contribution in [3.8, 4) is 0 Å². The number of amides is 1. The molecule has 0 spiro atoms. The van der Waals surface area contributed by atoms with Crippen LogP contribution in [0.15, 0.2) is 58.2 Å². The molecule has 0 atom stereocenters. The smallest absolute Gasteiger partial charge is 0.265 e. The maximum Gasteiger partial charge on any atom is 0.265 e. The highest BCUT2D eigenvalue weighted by Crippen LogP contribution is 2.23. The van der Waals surface area contributed by atoms with Gasteiger partial charge in [-0.15, -0.1) is 0 Å². The van der Waals surface area contributed by atoms with Crippen LogP contribution in [-0.2, 0) is 9.63 Å². The summed E-state index contributed by atoms with van der Waals surface area (Å²) in [4.78, 5) is 16.7. The van der Waals surface area contributed by atoms with Gasteiger partial charge in [-0.05, 0) is 46.1 Å². The first kappa shape index (κ1) is 15.3. The molecule has 1 N–H and O–H groups in total. The number of nitrogens with zero attached hydrogens (tertiary/aromatic N) is 1. The van der Waals surface area contributed by atoms with Crippen LogP contribution in [0.4, 0.5) is 5.69 Å². The standard InChI is InChI=1S/C16H15BrN2O2/c1-12-7-8-15(14(17)9-12)19-16(20)11-21-18-10-13-5-3-2-4-6-13/h2-10H,11H2,1H3,(H,19,20)/b18-10-. The van der Waals surface area contributed by atoms with Gasteiger partial charge in [-0.1, -0.05) is 41.6 Å². The molecule has 0 aromatic heterocycles. The molecule has 0 saturated carbocycles. The molecule has 0 aliphatic carbocycles. The molecule has 0 bridgehead atoms. The Bertz CT molecular complexity index is 642. The van der Waals surface area contributed by atoms with E-state index < -0.39 is 0 Å². The van der Waals surface area contributed by atoms with Crippen molar-refractivity contribution in [3.05, 3.63) is 64.1 Å². The van der Waals surface area contributed by atoms with E-state index in [4.69, 9.17) is 4.84 Å². The van der Waals surface area contributed by atoms with Gasteiger partial charge in [0.25, 0.3) is 5.91 Å². The summed E-state index contributed by atoms with van der Waals surface area (Å²) in [5.74, 6) is -0.259. The van der Waals surface area contributed by atoms with Crippen molar-refractivity contribution in [2.45, 2.75) is 6.92 Å². The van der Waals surface area contributed by atoms with Gasteiger partial charge in [-0.3, -0.25) is 4.79 Å². The van der Waals surface area contributed by atoms with Crippen LogP contribution in [0.5, 0.6) is 0 Å². The van der Waals surface area contributed by atoms with Crippen molar-refractivity contribution in [1.82, 2.24) is 0 Å². The quantitative estimate of drug-likeness (QED) is 0.662. The first-order valence-electron chi connectivity index (χ1n) is 6.41. The minimum absolute atomic E-state index is 0.135. The number of carbonyl (C=O) groups is 1. The highest BCUT2D eigenvalue weighted by molar-refractivity contribution is 9.10. The third-order valence-corrected chi connectivity index (χ3v) is 3.33. The van der Waals surface area contributed by atoms with Crippen LogP contribution in [0, 0.1) is 6.92 Å². The van der Waals surface area contributed by atoms with Crippen LogP contribution < -0.4 is 5.32 Å². The molecule has 0 saturated heterocycles. The van der Waals surface area contributed by atoms with E-state index in [1.54, 1.807) is 6.21 Å². The minimum atomic E-state index is -0.259. The molecule has 2 rings (SSSR count).